The molecule has 1 fully saturated rings. The van der Waals surface area contributed by atoms with Crippen LogP contribution in [0.5, 0.6) is 0 Å². The maximum atomic E-state index is 11.5. The van der Waals surface area contributed by atoms with Gasteiger partial charge in [-0.1, -0.05) is 11.8 Å². The van der Waals surface area contributed by atoms with Gasteiger partial charge in [0, 0.05) is 18.7 Å². The van der Waals surface area contributed by atoms with E-state index in [2.05, 4.69) is 9.97 Å². The van der Waals surface area contributed by atoms with Crippen LogP contribution in [0, 0.1) is 0 Å². The highest BCUT2D eigenvalue weighted by Gasteiger charge is 2.29. The molecule has 1 atom stereocenters. The second-order valence-electron chi connectivity index (χ2n) is 4.29. The molecule has 1 aliphatic rings. The van der Waals surface area contributed by atoms with Crippen molar-refractivity contribution in [3.05, 3.63) is 6.07 Å². The maximum absolute atomic E-state index is 11.5. The van der Waals surface area contributed by atoms with Crippen LogP contribution in [0.4, 0.5) is 11.6 Å². The normalized spacial score (nSPS) is 23.0. The van der Waals surface area contributed by atoms with Gasteiger partial charge in [-0.3, -0.25) is 0 Å². The van der Waals surface area contributed by atoms with Crippen molar-refractivity contribution in [1.82, 2.24) is 9.97 Å². The number of thioether (sulfide) groups is 1. The summed E-state index contributed by atoms with van der Waals surface area (Å²) in [5.41, 5.74) is 5.73. The lowest BCUT2D eigenvalue weighted by Gasteiger charge is -2.34. The Balaban J connectivity index is 2.29. The average Bonchev–Trinajstić information content (AvgIpc) is 2.26. The fourth-order valence-electron chi connectivity index (χ4n) is 2.01. The largest absolute Gasteiger partial charge is 0.383 e. The van der Waals surface area contributed by atoms with Crippen molar-refractivity contribution < 1.29 is 8.42 Å². The number of anilines is 2. The molecule has 0 spiro atoms. The van der Waals surface area contributed by atoms with Crippen LogP contribution < -0.4 is 10.6 Å². The number of rotatable bonds is 2. The van der Waals surface area contributed by atoms with Crippen molar-refractivity contribution in [1.29, 1.82) is 0 Å². The van der Waals surface area contributed by atoms with Crippen LogP contribution in [0.15, 0.2) is 11.2 Å². The zero-order valence-electron chi connectivity index (χ0n) is 10.3. The van der Waals surface area contributed by atoms with E-state index in [4.69, 9.17) is 5.73 Å². The summed E-state index contributed by atoms with van der Waals surface area (Å²) in [5.74, 6) is 1.43. The van der Waals surface area contributed by atoms with E-state index in [1.807, 2.05) is 18.1 Å². The minimum Gasteiger partial charge on any atom is -0.383 e. The Kier molecular flexibility index (Phi) is 3.67. The molecule has 0 amide bonds. The Hall–Kier alpha value is -1.02. The smallest absolute Gasteiger partial charge is 0.191 e. The Morgan fingerprint density at radius 2 is 2.22 bits per heavy atom. The van der Waals surface area contributed by atoms with Gasteiger partial charge >= 0.3 is 0 Å². The van der Waals surface area contributed by atoms with E-state index in [0.29, 0.717) is 23.3 Å². The minimum atomic E-state index is -2.92. The highest BCUT2D eigenvalue weighted by molar-refractivity contribution is 7.98. The number of sulfone groups is 1. The zero-order valence-corrected chi connectivity index (χ0v) is 12.0. The van der Waals surface area contributed by atoms with E-state index >= 15 is 0 Å². The second kappa shape index (κ2) is 4.93. The van der Waals surface area contributed by atoms with Gasteiger partial charge in [0.15, 0.2) is 15.0 Å². The standard InChI is InChI=1S/C10H16N4O2S2/c1-7-6-18(15,16)4-3-14(7)9-5-8(11)12-10(13-9)17-2/h5,7H,3-4,6H2,1-2H3,(H2,11,12,13). The molecule has 2 rings (SSSR count). The predicted molar refractivity (Wildman–Crippen MR) is 73.7 cm³/mol. The average molecular weight is 288 g/mol. The first-order chi connectivity index (χ1) is 8.41. The molecule has 0 aromatic carbocycles. The Labute approximate surface area is 111 Å². The highest BCUT2D eigenvalue weighted by Crippen LogP contribution is 2.23. The summed E-state index contributed by atoms with van der Waals surface area (Å²) in [7, 11) is -2.92. The van der Waals surface area contributed by atoms with Crippen LogP contribution in [0.1, 0.15) is 6.92 Å². The van der Waals surface area contributed by atoms with E-state index in [-0.39, 0.29) is 17.5 Å². The number of nitrogens with zero attached hydrogens (tertiary/aromatic N) is 3. The summed E-state index contributed by atoms with van der Waals surface area (Å²) < 4.78 is 23.1. The van der Waals surface area contributed by atoms with Crippen LogP contribution in [-0.4, -0.2) is 48.7 Å². The van der Waals surface area contributed by atoms with Gasteiger partial charge < -0.3 is 10.6 Å². The minimum absolute atomic E-state index is 0.0900. The number of aromatic nitrogens is 2. The van der Waals surface area contributed by atoms with Crippen LogP contribution in [0.2, 0.25) is 0 Å². The molecule has 1 aliphatic heterocycles. The molecule has 0 saturated carbocycles. The van der Waals surface area contributed by atoms with Gasteiger partial charge in [-0.25, -0.2) is 18.4 Å². The first-order valence-electron chi connectivity index (χ1n) is 5.57. The Morgan fingerprint density at radius 3 is 2.83 bits per heavy atom. The second-order valence-corrected chi connectivity index (χ2v) is 7.30. The molecule has 2 N–H and O–H groups in total. The molecule has 1 aromatic rings. The van der Waals surface area contributed by atoms with Crippen molar-refractivity contribution in [2.45, 2.75) is 18.1 Å². The summed E-state index contributed by atoms with van der Waals surface area (Å²) in [6.07, 6.45) is 1.88. The maximum Gasteiger partial charge on any atom is 0.191 e. The first kappa shape index (κ1) is 13.4. The van der Waals surface area contributed by atoms with Gasteiger partial charge in [-0.2, -0.15) is 0 Å². The molecule has 1 aromatic heterocycles. The van der Waals surface area contributed by atoms with Crippen LogP contribution in [0.3, 0.4) is 0 Å². The van der Waals surface area contributed by atoms with Crippen LogP contribution in [0.25, 0.3) is 0 Å². The topological polar surface area (TPSA) is 89.2 Å². The summed E-state index contributed by atoms with van der Waals surface area (Å²) >= 11 is 1.42. The molecule has 0 bridgehead atoms. The third-order valence-electron chi connectivity index (χ3n) is 2.86. The third kappa shape index (κ3) is 2.86. The number of hydrogen-bond donors (Lipinski definition) is 1. The molecule has 1 unspecified atom stereocenters. The molecular formula is C10H16N4O2S2. The van der Waals surface area contributed by atoms with Crippen molar-refractivity contribution in [3.63, 3.8) is 0 Å². The van der Waals surface area contributed by atoms with Gasteiger partial charge in [-0.05, 0) is 13.2 Å². The summed E-state index contributed by atoms with van der Waals surface area (Å²) in [6, 6.07) is 1.60. The van der Waals surface area contributed by atoms with Gasteiger partial charge in [0.2, 0.25) is 0 Å². The number of nitrogens with two attached hydrogens (primary N) is 1. The molecule has 1 saturated heterocycles. The molecule has 2 heterocycles. The molecule has 8 heteroatoms. The van der Waals surface area contributed by atoms with Crippen LogP contribution in [-0.2, 0) is 9.84 Å². The predicted octanol–water partition coefficient (Wildman–Crippen LogP) is 0.404. The van der Waals surface area contributed by atoms with Crippen molar-refractivity contribution in [3.8, 4) is 0 Å². The van der Waals surface area contributed by atoms with Gasteiger partial charge in [0.1, 0.15) is 11.6 Å². The van der Waals surface area contributed by atoms with Crippen molar-refractivity contribution in [2.75, 3.05) is 34.9 Å². The first-order valence-corrected chi connectivity index (χ1v) is 8.61. The molecule has 18 heavy (non-hydrogen) atoms. The highest BCUT2D eigenvalue weighted by atomic mass is 32.2. The molecule has 0 radical (unpaired) electrons. The van der Waals surface area contributed by atoms with Crippen molar-refractivity contribution >= 4 is 33.2 Å². The quantitative estimate of drug-likeness (QED) is 0.622. The van der Waals surface area contributed by atoms with Crippen LogP contribution >= 0.6 is 11.8 Å². The fraction of sp³-hybridized carbons (Fsp3) is 0.600. The van der Waals surface area contributed by atoms with E-state index in [9.17, 15) is 8.42 Å². The van der Waals surface area contributed by atoms with E-state index < -0.39 is 9.84 Å². The molecular weight excluding hydrogens is 272 g/mol. The van der Waals surface area contributed by atoms with Gasteiger partial charge in [0.05, 0.1) is 11.5 Å². The van der Waals surface area contributed by atoms with Crippen molar-refractivity contribution in [2.24, 2.45) is 0 Å². The summed E-state index contributed by atoms with van der Waals surface area (Å²) in [6.45, 7) is 2.33. The van der Waals surface area contributed by atoms with Gasteiger partial charge in [-0.15, -0.1) is 0 Å². The lowest BCUT2D eigenvalue weighted by Crippen LogP contribution is -2.47. The number of hydrogen-bond acceptors (Lipinski definition) is 7. The molecule has 0 aliphatic carbocycles. The van der Waals surface area contributed by atoms with E-state index in [0.717, 1.165) is 0 Å². The Bertz CT molecular complexity index is 547. The third-order valence-corrected chi connectivity index (χ3v) is 5.20. The van der Waals surface area contributed by atoms with E-state index in [1.54, 1.807) is 6.07 Å². The fourth-order valence-corrected chi connectivity index (χ4v) is 3.95. The van der Waals surface area contributed by atoms with E-state index in [1.165, 1.54) is 11.8 Å². The molecule has 100 valence electrons. The SMILES string of the molecule is CSc1nc(N)cc(N2CCS(=O)(=O)CC2C)n1. The lowest BCUT2D eigenvalue weighted by molar-refractivity contribution is 0.566. The molecule has 6 nitrogen and oxygen atoms in total. The zero-order chi connectivity index (χ0) is 13.3. The van der Waals surface area contributed by atoms with Gasteiger partial charge in [0.25, 0.3) is 0 Å². The Morgan fingerprint density at radius 1 is 1.50 bits per heavy atom. The summed E-state index contributed by atoms with van der Waals surface area (Å²) in [5, 5.41) is 0.602. The number of nitrogen functional groups attached to an aromatic ring is 1. The monoisotopic (exact) mass is 288 g/mol. The summed E-state index contributed by atoms with van der Waals surface area (Å²) in [4.78, 5) is 10.4. The lowest BCUT2D eigenvalue weighted by atomic mass is 10.3.